The lowest BCUT2D eigenvalue weighted by Crippen LogP contribution is -2.43. The van der Waals surface area contributed by atoms with Gasteiger partial charge in [-0.05, 0) is 19.1 Å². The first-order valence-corrected chi connectivity index (χ1v) is 9.42. The summed E-state index contributed by atoms with van der Waals surface area (Å²) in [6, 6.07) is 6.89. The quantitative estimate of drug-likeness (QED) is 0.552. The van der Waals surface area contributed by atoms with Gasteiger partial charge in [0.2, 0.25) is 5.91 Å². The van der Waals surface area contributed by atoms with Crippen LogP contribution in [-0.4, -0.2) is 84.3 Å². The molecule has 9 nitrogen and oxygen atoms in total. The van der Waals surface area contributed by atoms with Crippen LogP contribution in [0.2, 0.25) is 0 Å². The molecule has 2 aliphatic heterocycles. The fraction of sp³-hybridized carbons (Fsp3) is 0.579. The number of rotatable bonds is 5. The van der Waals surface area contributed by atoms with Crippen molar-refractivity contribution in [2.45, 2.75) is 37.8 Å². The standard InChI is InChI=1S/C19H27N3O6/c1-12-2-4-13(5-3-12)21-19(26)20-11-15-18(25)17(24)14(28-15)10-16(23)22-6-8-27-9-7-22/h2-5,14-15,17-18,24-25H,6-11H2,1H3,(H2,20,21,26). The number of aryl methyl sites for hydroxylation is 1. The minimum atomic E-state index is -1.18. The first-order chi connectivity index (χ1) is 13.4. The molecule has 0 bridgehead atoms. The number of aliphatic hydroxyl groups is 2. The molecule has 28 heavy (non-hydrogen) atoms. The Bertz CT molecular complexity index is 677. The Morgan fingerprint density at radius 1 is 1.11 bits per heavy atom. The third-order valence-corrected chi connectivity index (χ3v) is 4.97. The van der Waals surface area contributed by atoms with E-state index in [0.29, 0.717) is 32.0 Å². The maximum absolute atomic E-state index is 12.3. The van der Waals surface area contributed by atoms with Gasteiger partial charge in [0.05, 0.1) is 25.7 Å². The molecule has 1 aromatic carbocycles. The van der Waals surface area contributed by atoms with Crippen LogP contribution in [0, 0.1) is 6.92 Å². The summed E-state index contributed by atoms with van der Waals surface area (Å²) in [5, 5.41) is 25.7. The van der Waals surface area contributed by atoms with Gasteiger partial charge in [-0.25, -0.2) is 4.79 Å². The first-order valence-electron chi connectivity index (χ1n) is 9.42. The van der Waals surface area contributed by atoms with Crippen LogP contribution in [0.1, 0.15) is 12.0 Å². The third kappa shape index (κ3) is 5.20. The smallest absolute Gasteiger partial charge is 0.319 e. The number of nitrogens with one attached hydrogen (secondary N) is 2. The molecule has 154 valence electrons. The molecule has 0 saturated carbocycles. The van der Waals surface area contributed by atoms with E-state index >= 15 is 0 Å². The molecule has 4 atom stereocenters. The van der Waals surface area contributed by atoms with Crippen molar-refractivity contribution in [1.82, 2.24) is 10.2 Å². The maximum atomic E-state index is 12.3. The fourth-order valence-corrected chi connectivity index (χ4v) is 3.28. The predicted octanol–water partition coefficient (Wildman–Crippen LogP) is -0.145. The summed E-state index contributed by atoms with van der Waals surface area (Å²) in [4.78, 5) is 26.0. The van der Waals surface area contributed by atoms with Gasteiger partial charge in [0, 0.05) is 25.3 Å². The summed E-state index contributed by atoms with van der Waals surface area (Å²) in [7, 11) is 0. The molecule has 1 aromatic rings. The SMILES string of the molecule is Cc1ccc(NC(=O)NCC2OC(CC(=O)N3CCOCC3)C(O)C2O)cc1. The lowest BCUT2D eigenvalue weighted by molar-refractivity contribution is -0.139. The van der Waals surface area contributed by atoms with E-state index in [0.717, 1.165) is 5.56 Å². The molecule has 2 aliphatic rings. The number of hydrogen-bond acceptors (Lipinski definition) is 6. The van der Waals surface area contributed by atoms with E-state index in [1.165, 1.54) is 0 Å². The predicted molar refractivity (Wildman–Crippen MR) is 101 cm³/mol. The van der Waals surface area contributed by atoms with E-state index in [2.05, 4.69) is 10.6 Å². The van der Waals surface area contributed by atoms with Gasteiger partial charge in [0.15, 0.2) is 0 Å². The second-order valence-corrected chi connectivity index (χ2v) is 7.09. The van der Waals surface area contributed by atoms with Crippen LogP contribution in [-0.2, 0) is 14.3 Å². The summed E-state index contributed by atoms with van der Waals surface area (Å²) in [5.74, 6) is -0.148. The highest BCUT2D eigenvalue weighted by Crippen LogP contribution is 2.24. The molecule has 0 aromatic heterocycles. The van der Waals surface area contributed by atoms with Crippen LogP contribution in [0.25, 0.3) is 0 Å². The molecule has 9 heteroatoms. The van der Waals surface area contributed by atoms with Crippen molar-refractivity contribution in [2.24, 2.45) is 0 Å². The number of carbonyl (C=O) groups is 2. The summed E-state index contributed by atoms with van der Waals surface area (Å²) in [5.41, 5.74) is 1.73. The van der Waals surface area contributed by atoms with E-state index in [1.807, 2.05) is 19.1 Å². The average molecular weight is 393 g/mol. The molecule has 3 rings (SSSR count). The lowest BCUT2D eigenvalue weighted by atomic mass is 10.0. The first kappa shape index (κ1) is 20.5. The molecule has 4 unspecified atom stereocenters. The Morgan fingerprint density at radius 2 is 1.75 bits per heavy atom. The Labute approximate surface area is 163 Å². The number of anilines is 1. The van der Waals surface area contributed by atoms with Gasteiger partial charge in [0.25, 0.3) is 0 Å². The maximum Gasteiger partial charge on any atom is 0.319 e. The highest BCUT2D eigenvalue weighted by Gasteiger charge is 2.43. The molecule has 3 amide bonds. The number of ether oxygens (including phenoxy) is 2. The molecular formula is C19H27N3O6. The summed E-state index contributed by atoms with van der Waals surface area (Å²) >= 11 is 0. The molecule has 0 radical (unpaired) electrons. The topological polar surface area (TPSA) is 120 Å². The van der Waals surface area contributed by atoms with Crippen molar-refractivity contribution in [3.8, 4) is 0 Å². The minimum absolute atomic E-state index is 0.0121. The van der Waals surface area contributed by atoms with E-state index < -0.39 is 30.4 Å². The van der Waals surface area contributed by atoms with Crippen LogP contribution >= 0.6 is 0 Å². The van der Waals surface area contributed by atoms with Crippen LogP contribution in [0.15, 0.2) is 24.3 Å². The van der Waals surface area contributed by atoms with E-state index in [-0.39, 0.29) is 18.9 Å². The molecule has 2 saturated heterocycles. The van der Waals surface area contributed by atoms with Crippen LogP contribution in [0.4, 0.5) is 10.5 Å². The van der Waals surface area contributed by atoms with Gasteiger partial charge >= 0.3 is 6.03 Å². The van der Waals surface area contributed by atoms with Crippen molar-refractivity contribution in [1.29, 1.82) is 0 Å². The van der Waals surface area contributed by atoms with Crippen molar-refractivity contribution < 1.29 is 29.3 Å². The van der Waals surface area contributed by atoms with Gasteiger partial charge in [-0.15, -0.1) is 0 Å². The molecule has 0 aliphatic carbocycles. The van der Waals surface area contributed by atoms with E-state index in [1.54, 1.807) is 17.0 Å². The van der Waals surface area contributed by atoms with Gasteiger partial charge in [-0.2, -0.15) is 0 Å². The monoisotopic (exact) mass is 393 g/mol. The second kappa shape index (κ2) is 9.33. The van der Waals surface area contributed by atoms with Crippen molar-refractivity contribution in [2.75, 3.05) is 38.2 Å². The number of urea groups is 1. The van der Waals surface area contributed by atoms with Crippen LogP contribution in [0.3, 0.4) is 0 Å². The number of morpholine rings is 1. The molecule has 2 heterocycles. The average Bonchev–Trinajstić information content (AvgIpc) is 2.96. The molecular weight excluding hydrogens is 366 g/mol. The Balaban J connectivity index is 1.46. The van der Waals surface area contributed by atoms with Crippen molar-refractivity contribution in [3.05, 3.63) is 29.8 Å². The summed E-state index contributed by atoms with van der Waals surface area (Å²) < 4.78 is 10.9. The second-order valence-electron chi connectivity index (χ2n) is 7.09. The van der Waals surface area contributed by atoms with E-state index in [9.17, 15) is 19.8 Å². The molecule has 2 fully saturated rings. The largest absolute Gasteiger partial charge is 0.388 e. The molecule has 4 N–H and O–H groups in total. The highest BCUT2D eigenvalue weighted by molar-refractivity contribution is 5.89. The zero-order chi connectivity index (χ0) is 20.1. The molecule has 0 spiro atoms. The fourth-order valence-electron chi connectivity index (χ4n) is 3.28. The van der Waals surface area contributed by atoms with Crippen LogP contribution in [0.5, 0.6) is 0 Å². The number of aliphatic hydroxyl groups excluding tert-OH is 2. The van der Waals surface area contributed by atoms with Gasteiger partial charge in [-0.1, -0.05) is 17.7 Å². The number of nitrogens with zero attached hydrogens (tertiary/aromatic N) is 1. The van der Waals surface area contributed by atoms with Gasteiger partial charge < -0.3 is 35.2 Å². The minimum Gasteiger partial charge on any atom is -0.388 e. The number of hydrogen-bond donors (Lipinski definition) is 4. The van der Waals surface area contributed by atoms with Gasteiger partial charge in [0.1, 0.15) is 18.3 Å². The zero-order valence-corrected chi connectivity index (χ0v) is 15.8. The van der Waals surface area contributed by atoms with Crippen molar-refractivity contribution in [3.63, 3.8) is 0 Å². The summed E-state index contributed by atoms with van der Waals surface area (Å²) in [6.45, 7) is 3.96. The highest BCUT2D eigenvalue weighted by atomic mass is 16.5. The van der Waals surface area contributed by atoms with E-state index in [4.69, 9.17) is 9.47 Å². The van der Waals surface area contributed by atoms with Crippen LogP contribution < -0.4 is 10.6 Å². The number of amides is 3. The van der Waals surface area contributed by atoms with Crippen molar-refractivity contribution >= 4 is 17.6 Å². The summed E-state index contributed by atoms with van der Waals surface area (Å²) in [6.07, 6.45) is -3.98. The Hall–Kier alpha value is -2.20. The Kier molecular flexibility index (Phi) is 6.84. The lowest BCUT2D eigenvalue weighted by Gasteiger charge is -2.28. The zero-order valence-electron chi connectivity index (χ0n) is 15.8. The normalized spacial score (nSPS) is 27.5. The number of carbonyl (C=O) groups excluding carboxylic acids is 2. The third-order valence-electron chi connectivity index (χ3n) is 4.97. The Morgan fingerprint density at radius 3 is 2.43 bits per heavy atom. The number of benzene rings is 1. The van der Waals surface area contributed by atoms with Gasteiger partial charge in [-0.3, -0.25) is 4.79 Å².